The Labute approximate surface area is 173 Å². The molecule has 2 heterocycles. The molecule has 0 aliphatic heterocycles. The van der Waals surface area contributed by atoms with E-state index in [0.29, 0.717) is 35.7 Å². The smallest absolute Gasteiger partial charge is 0.339 e. The molecule has 1 atom stereocenters. The van der Waals surface area contributed by atoms with Crippen LogP contribution in [0.15, 0.2) is 29.4 Å². The van der Waals surface area contributed by atoms with E-state index < -0.39 is 11.2 Å². The number of imidazole rings is 1. The number of aromatic nitrogens is 3. The number of esters is 1. The van der Waals surface area contributed by atoms with Crippen molar-refractivity contribution in [1.82, 2.24) is 14.5 Å². The molecular weight excluding hydrogens is 390 g/mol. The van der Waals surface area contributed by atoms with Gasteiger partial charge in [0.2, 0.25) is 0 Å². The quantitative estimate of drug-likeness (QED) is 0.342. The Morgan fingerprint density at radius 2 is 1.97 bits per heavy atom. The standard InChI is InChI=1S/C21H25N3O4S/c1-12-17(20(26)28-5)13(2)22-18(12)19(25)14(3)29-21-23-15-8-6-7-9-16(15)24(21)10-11-27-4/h6-9,14,22H,10-11H2,1-5H3. The molecule has 3 rings (SSSR count). The van der Waals surface area contributed by atoms with Crippen LogP contribution in [0.3, 0.4) is 0 Å². The minimum Gasteiger partial charge on any atom is -0.465 e. The van der Waals surface area contributed by atoms with Crippen LogP contribution in [0.2, 0.25) is 0 Å². The van der Waals surface area contributed by atoms with Gasteiger partial charge in [-0.05, 0) is 38.5 Å². The lowest BCUT2D eigenvalue weighted by Crippen LogP contribution is -2.17. The first kappa shape index (κ1) is 21.1. The molecule has 1 unspecified atom stereocenters. The normalized spacial score (nSPS) is 12.3. The van der Waals surface area contributed by atoms with Crippen LogP contribution in [-0.2, 0) is 16.0 Å². The number of nitrogens with zero attached hydrogens (tertiary/aromatic N) is 2. The lowest BCUT2D eigenvalue weighted by Gasteiger charge is -2.12. The average molecular weight is 416 g/mol. The van der Waals surface area contributed by atoms with Crippen molar-refractivity contribution in [2.24, 2.45) is 0 Å². The highest BCUT2D eigenvalue weighted by molar-refractivity contribution is 8.00. The molecule has 0 spiro atoms. The Kier molecular flexibility index (Phi) is 6.44. The van der Waals surface area contributed by atoms with E-state index in [4.69, 9.17) is 14.5 Å². The molecule has 7 nitrogen and oxygen atoms in total. The van der Waals surface area contributed by atoms with Gasteiger partial charge in [0.1, 0.15) is 0 Å². The Hall–Kier alpha value is -2.58. The molecule has 1 N–H and O–H groups in total. The summed E-state index contributed by atoms with van der Waals surface area (Å²) in [6, 6.07) is 7.88. The van der Waals surface area contributed by atoms with E-state index in [2.05, 4.69) is 9.55 Å². The van der Waals surface area contributed by atoms with Gasteiger partial charge in [0.05, 0.1) is 41.3 Å². The van der Waals surface area contributed by atoms with E-state index in [1.807, 2.05) is 31.2 Å². The maximum absolute atomic E-state index is 13.1. The summed E-state index contributed by atoms with van der Waals surface area (Å²) in [4.78, 5) is 32.9. The van der Waals surface area contributed by atoms with Gasteiger partial charge in [-0.25, -0.2) is 9.78 Å². The third-order valence-corrected chi connectivity index (χ3v) is 5.95. The minimum atomic E-state index is -0.447. The summed E-state index contributed by atoms with van der Waals surface area (Å²) in [6.45, 7) is 6.56. The Morgan fingerprint density at radius 1 is 1.24 bits per heavy atom. The second-order valence-electron chi connectivity index (χ2n) is 6.77. The second-order valence-corrected chi connectivity index (χ2v) is 8.08. The van der Waals surface area contributed by atoms with Gasteiger partial charge in [-0.15, -0.1) is 0 Å². The average Bonchev–Trinajstić information content (AvgIpc) is 3.21. The first-order valence-electron chi connectivity index (χ1n) is 9.31. The summed E-state index contributed by atoms with van der Waals surface area (Å²) in [5, 5.41) is 0.369. The largest absolute Gasteiger partial charge is 0.465 e. The Morgan fingerprint density at radius 3 is 2.66 bits per heavy atom. The number of fused-ring (bicyclic) bond motifs is 1. The van der Waals surface area contributed by atoms with Gasteiger partial charge in [0, 0.05) is 19.3 Å². The highest BCUT2D eigenvalue weighted by atomic mass is 32.2. The van der Waals surface area contributed by atoms with Crippen LogP contribution in [0.5, 0.6) is 0 Å². The third kappa shape index (κ3) is 4.09. The molecule has 29 heavy (non-hydrogen) atoms. The number of thioether (sulfide) groups is 1. The van der Waals surface area contributed by atoms with Crippen LogP contribution < -0.4 is 0 Å². The number of nitrogens with one attached hydrogen (secondary N) is 1. The summed E-state index contributed by atoms with van der Waals surface area (Å²) < 4.78 is 12.1. The van der Waals surface area contributed by atoms with E-state index in [1.165, 1.54) is 18.9 Å². The zero-order chi connectivity index (χ0) is 21.1. The highest BCUT2D eigenvalue weighted by Gasteiger charge is 2.27. The number of methoxy groups -OCH3 is 2. The molecule has 154 valence electrons. The van der Waals surface area contributed by atoms with E-state index in [-0.39, 0.29) is 5.78 Å². The number of carbonyl (C=O) groups is 2. The number of benzene rings is 1. The number of Topliss-reactive ketones (excluding diaryl/α,β-unsaturated/α-hetero) is 1. The Balaban J connectivity index is 1.90. The van der Waals surface area contributed by atoms with Crippen LogP contribution in [0, 0.1) is 13.8 Å². The van der Waals surface area contributed by atoms with Crippen molar-refractivity contribution in [2.75, 3.05) is 20.8 Å². The number of aryl methyl sites for hydroxylation is 1. The number of H-pyrrole nitrogens is 1. The first-order valence-corrected chi connectivity index (χ1v) is 10.2. The van der Waals surface area contributed by atoms with Crippen molar-refractivity contribution < 1.29 is 19.1 Å². The first-order chi connectivity index (χ1) is 13.9. The van der Waals surface area contributed by atoms with Crippen LogP contribution in [-0.4, -0.2) is 52.4 Å². The monoisotopic (exact) mass is 415 g/mol. The number of aromatic amines is 1. The van der Waals surface area contributed by atoms with E-state index in [9.17, 15) is 9.59 Å². The molecule has 0 amide bonds. The predicted molar refractivity (Wildman–Crippen MR) is 113 cm³/mol. The zero-order valence-electron chi connectivity index (χ0n) is 17.2. The fourth-order valence-corrected chi connectivity index (χ4v) is 4.37. The van der Waals surface area contributed by atoms with Crippen molar-refractivity contribution in [3.8, 4) is 0 Å². The van der Waals surface area contributed by atoms with Gasteiger partial charge in [-0.2, -0.15) is 0 Å². The lowest BCUT2D eigenvalue weighted by atomic mass is 10.1. The molecule has 0 aliphatic rings. The number of ketones is 1. The molecule has 8 heteroatoms. The SMILES string of the molecule is COCCn1c(SC(C)C(=O)c2[nH]c(C)c(C(=O)OC)c2C)nc2ccccc21. The van der Waals surface area contributed by atoms with E-state index in [1.54, 1.807) is 21.0 Å². The van der Waals surface area contributed by atoms with E-state index >= 15 is 0 Å². The third-order valence-electron chi connectivity index (χ3n) is 4.86. The van der Waals surface area contributed by atoms with Crippen LogP contribution >= 0.6 is 11.8 Å². The number of rotatable bonds is 8. The molecule has 2 aromatic heterocycles. The number of hydrogen-bond donors (Lipinski definition) is 1. The van der Waals surface area contributed by atoms with Crippen LogP contribution in [0.4, 0.5) is 0 Å². The number of hydrogen-bond acceptors (Lipinski definition) is 6. The summed E-state index contributed by atoms with van der Waals surface area (Å²) in [7, 11) is 2.99. The van der Waals surface area contributed by atoms with E-state index in [0.717, 1.165) is 16.2 Å². The zero-order valence-corrected chi connectivity index (χ0v) is 18.1. The molecule has 1 aromatic carbocycles. The number of ether oxygens (including phenoxy) is 2. The number of carbonyl (C=O) groups excluding carboxylic acids is 2. The van der Waals surface area contributed by atoms with Crippen molar-refractivity contribution in [3.63, 3.8) is 0 Å². The Bertz CT molecular complexity index is 1050. The maximum Gasteiger partial charge on any atom is 0.339 e. The fourth-order valence-electron chi connectivity index (χ4n) is 3.36. The summed E-state index contributed by atoms with van der Waals surface area (Å²) in [6.07, 6.45) is 0. The molecule has 0 saturated heterocycles. The van der Waals surface area contributed by atoms with Crippen molar-refractivity contribution in [2.45, 2.75) is 37.7 Å². The summed E-state index contributed by atoms with van der Waals surface area (Å²) in [5.74, 6) is -0.534. The molecule has 0 saturated carbocycles. The topological polar surface area (TPSA) is 86.2 Å². The van der Waals surface area contributed by atoms with Gasteiger partial charge in [-0.1, -0.05) is 23.9 Å². The van der Waals surface area contributed by atoms with Crippen LogP contribution in [0.25, 0.3) is 11.0 Å². The predicted octanol–water partition coefficient (Wildman–Crippen LogP) is 3.78. The second kappa shape index (κ2) is 8.84. The summed E-state index contributed by atoms with van der Waals surface area (Å²) in [5.41, 5.74) is 3.97. The van der Waals surface area contributed by atoms with Crippen LogP contribution in [0.1, 0.15) is 39.0 Å². The van der Waals surface area contributed by atoms with Gasteiger partial charge in [0.25, 0.3) is 0 Å². The molecule has 3 aromatic rings. The van der Waals surface area contributed by atoms with Crippen molar-refractivity contribution >= 4 is 34.5 Å². The fraction of sp³-hybridized carbons (Fsp3) is 0.381. The van der Waals surface area contributed by atoms with Crippen molar-refractivity contribution in [1.29, 1.82) is 0 Å². The maximum atomic E-state index is 13.1. The number of para-hydroxylation sites is 2. The van der Waals surface area contributed by atoms with Gasteiger partial charge in [0.15, 0.2) is 10.9 Å². The molecule has 0 fully saturated rings. The minimum absolute atomic E-state index is 0.0869. The van der Waals surface area contributed by atoms with Gasteiger partial charge in [-0.3, -0.25) is 4.79 Å². The molecule has 0 bridgehead atoms. The molecule has 0 aliphatic carbocycles. The molecule has 0 radical (unpaired) electrons. The van der Waals surface area contributed by atoms with Gasteiger partial charge >= 0.3 is 5.97 Å². The summed E-state index contributed by atoms with van der Waals surface area (Å²) >= 11 is 1.40. The molecular formula is C21H25N3O4S. The lowest BCUT2D eigenvalue weighted by molar-refractivity contribution is 0.0599. The van der Waals surface area contributed by atoms with Crippen molar-refractivity contribution in [3.05, 3.63) is 46.8 Å². The highest BCUT2D eigenvalue weighted by Crippen LogP contribution is 2.30. The van der Waals surface area contributed by atoms with Gasteiger partial charge < -0.3 is 19.0 Å².